The number of anilines is 1. The Morgan fingerprint density at radius 2 is 1.93 bits per heavy atom. The lowest BCUT2D eigenvalue weighted by atomic mass is 10.1. The van der Waals surface area contributed by atoms with Crippen LogP contribution in [0.2, 0.25) is 0 Å². The van der Waals surface area contributed by atoms with E-state index >= 15 is 0 Å². The second-order valence-corrected chi connectivity index (χ2v) is 7.32. The number of nitrogens with one attached hydrogen (secondary N) is 1. The molecule has 3 rings (SSSR count). The van der Waals surface area contributed by atoms with Gasteiger partial charge in [-0.05, 0) is 43.9 Å². The molecule has 0 bridgehead atoms. The van der Waals surface area contributed by atoms with Crippen LogP contribution in [-0.4, -0.2) is 37.7 Å². The number of amides is 1. The first-order valence-electron chi connectivity index (χ1n) is 9.14. The van der Waals surface area contributed by atoms with Gasteiger partial charge in [0, 0.05) is 4.88 Å². The Morgan fingerprint density at radius 3 is 2.69 bits per heavy atom. The van der Waals surface area contributed by atoms with E-state index in [1.807, 2.05) is 0 Å². The van der Waals surface area contributed by atoms with Crippen molar-refractivity contribution in [2.75, 3.05) is 25.1 Å². The molecular weight excluding hydrogens is 401 g/mol. The SMILES string of the molecule is CCOC(=O)c1c(NC(=O)COC(=O)COc2ccccc2F)sc2c1CCC2. The largest absolute Gasteiger partial charge is 0.479 e. The van der Waals surface area contributed by atoms with Gasteiger partial charge in [0.1, 0.15) is 5.00 Å². The van der Waals surface area contributed by atoms with Gasteiger partial charge >= 0.3 is 11.9 Å². The number of hydrogen-bond donors (Lipinski definition) is 1. The van der Waals surface area contributed by atoms with Gasteiger partial charge < -0.3 is 19.5 Å². The molecule has 154 valence electrons. The normalized spacial score (nSPS) is 12.2. The van der Waals surface area contributed by atoms with E-state index in [1.165, 1.54) is 29.5 Å². The smallest absolute Gasteiger partial charge is 0.344 e. The zero-order valence-electron chi connectivity index (χ0n) is 15.8. The summed E-state index contributed by atoms with van der Waals surface area (Å²) >= 11 is 1.33. The van der Waals surface area contributed by atoms with Crippen LogP contribution in [0.25, 0.3) is 0 Å². The summed E-state index contributed by atoms with van der Waals surface area (Å²) in [6.07, 6.45) is 2.57. The second-order valence-electron chi connectivity index (χ2n) is 6.21. The van der Waals surface area contributed by atoms with Crippen LogP contribution in [-0.2, 0) is 31.9 Å². The fourth-order valence-electron chi connectivity index (χ4n) is 2.96. The average Bonchev–Trinajstić information content (AvgIpc) is 3.26. The maximum atomic E-state index is 13.4. The van der Waals surface area contributed by atoms with Gasteiger partial charge in [0.25, 0.3) is 5.91 Å². The lowest BCUT2D eigenvalue weighted by Crippen LogP contribution is -2.24. The summed E-state index contributed by atoms with van der Waals surface area (Å²) in [4.78, 5) is 37.2. The Kier molecular flexibility index (Phi) is 6.82. The number of thiophene rings is 1. The van der Waals surface area contributed by atoms with Crippen molar-refractivity contribution in [3.63, 3.8) is 0 Å². The molecule has 0 fully saturated rings. The zero-order valence-corrected chi connectivity index (χ0v) is 16.6. The highest BCUT2D eigenvalue weighted by atomic mass is 32.1. The summed E-state index contributed by atoms with van der Waals surface area (Å²) in [5, 5.41) is 3.02. The minimum absolute atomic E-state index is 0.0823. The first-order valence-corrected chi connectivity index (χ1v) is 9.95. The Labute approximate surface area is 170 Å². The third kappa shape index (κ3) is 5.11. The fraction of sp³-hybridized carbons (Fsp3) is 0.350. The highest BCUT2D eigenvalue weighted by Gasteiger charge is 2.28. The summed E-state index contributed by atoms with van der Waals surface area (Å²) in [5.41, 5.74) is 1.30. The standard InChI is InChI=1S/C20H20FNO6S/c1-2-26-20(25)18-12-6-5-9-15(12)29-19(18)22-16(23)10-28-17(24)11-27-14-8-4-3-7-13(14)21/h3-4,7-8H,2,5-6,9-11H2,1H3,(H,22,23). The van der Waals surface area contributed by atoms with Gasteiger partial charge in [-0.2, -0.15) is 0 Å². The minimum Gasteiger partial charge on any atom is -0.479 e. The fourth-order valence-corrected chi connectivity index (χ4v) is 4.25. The molecule has 1 aromatic carbocycles. The molecule has 2 aromatic rings. The topological polar surface area (TPSA) is 90.9 Å². The highest BCUT2D eigenvalue weighted by molar-refractivity contribution is 7.17. The van der Waals surface area contributed by atoms with Crippen molar-refractivity contribution >= 4 is 34.2 Å². The molecule has 1 aromatic heterocycles. The second kappa shape index (κ2) is 9.51. The molecule has 1 aliphatic carbocycles. The molecule has 1 amide bonds. The molecule has 0 saturated carbocycles. The molecule has 29 heavy (non-hydrogen) atoms. The van der Waals surface area contributed by atoms with Gasteiger partial charge in [-0.3, -0.25) is 4.79 Å². The number of aryl methyl sites for hydroxylation is 1. The lowest BCUT2D eigenvalue weighted by Gasteiger charge is -2.09. The number of ether oxygens (including phenoxy) is 3. The van der Waals surface area contributed by atoms with Crippen molar-refractivity contribution in [1.29, 1.82) is 0 Å². The molecule has 9 heteroatoms. The summed E-state index contributed by atoms with van der Waals surface area (Å²) < 4.78 is 28.4. The Balaban J connectivity index is 1.54. The summed E-state index contributed by atoms with van der Waals surface area (Å²) in [5.74, 6) is -2.56. The van der Waals surface area contributed by atoms with Gasteiger partial charge in [-0.25, -0.2) is 14.0 Å². The maximum Gasteiger partial charge on any atom is 0.344 e. The van der Waals surface area contributed by atoms with Crippen LogP contribution < -0.4 is 10.1 Å². The van der Waals surface area contributed by atoms with Crippen LogP contribution >= 0.6 is 11.3 Å². The number of esters is 2. The van der Waals surface area contributed by atoms with Crippen LogP contribution in [0.5, 0.6) is 5.75 Å². The number of halogens is 1. The number of benzene rings is 1. The molecule has 0 unspecified atom stereocenters. The summed E-state index contributed by atoms with van der Waals surface area (Å²) in [6.45, 7) is 0.863. The molecule has 0 spiro atoms. The van der Waals surface area contributed by atoms with Crippen molar-refractivity contribution in [3.8, 4) is 5.75 Å². The van der Waals surface area contributed by atoms with Crippen molar-refractivity contribution in [1.82, 2.24) is 0 Å². The van der Waals surface area contributed by atoms with Crippen molar-refractivity contribution < 1.29 is 33.0 Å². The van der Waals surface area contributed by atoms with Crippen molar-refractivity contribution in [3.05, 3.63) is 46.1 Å². The molecule has 0 atom stereocenters. The van der Waals surface area contributed by atoms with E-state index in [4.69, 9.17) is 14.2 Å². The lowest BCUT2D eigenvalue weighted by molar-refractivity contribution is -0.149. The third-order valence-electron chi connectivity index (χ3n) is 4.20. The number of fused-ring (bicyclic) bond motifs is 1. The minimum atomic E-state index is -0.817. The summed E-state index contributed by atoms with van der Waals surface area (Å²) in [7, 11) is 0. The first kappa shape index (κ1) is 20.8. The zero-order chi connectivity index (χ0) is 20.8. The van der Waals surface area contributed by atoms with Gasteiger partial charge in [-0.1, -0.05) is 12.1 Å². The van der Waals surface area contributed by atoms with E-state index in [-0.39, 0.29) is 12.4 Å². The van der Waals surface area contributed by atoms with Gasteiger partial charge in [0.15, 0.2) is 24.8 Å². The molecule has 1 N–H and O–H groups in total. The third-order valence-corrected chi connectivity index (χ3v) is 5.41. The predicted molar refractivity (Wildman–Crippen MR) is 104 cm³/mol. The van der Waals surface area contributed by atoms with E-state index in [9.17, 15) is 18.8 Å². The monoisotopic (exact) mass is 421 g/mol. The number of carbonyl (C=O) groups excluding carboxylic acids is 3. The van der Waals surface area contributed by atoms with E-state index < -0.39 is 36.9 Å². The van der Waals surface area contributed by atoms with Crippen LogP contribution in [0, 0.1) is 5.82 Å². The van der Waals surface area contributed by atoms with E-state index in [1.54, 1.807) is 13.0 Å². The molecular formula is C20H20FNO6S. The van der Waals surface area contributed by atoms with Gasteiger partial charge in [0.2, 0.25) is 0 Å². The molecule has 0 aliphatic heterocycles. The Morgan fingerprint density at radius 1 is 1.14 bits per heavy atom. The van der Waals surface area contributed by atoms with E-state index in [2.05, 4.69) is 5.32 Å². The van der Waals surface area contributed by atoms with Crippen LogP contribution in [0.15, 0.2) is 24.3 Å². The van der Waals surface area contributed by atoms with Crippen molar-refractivity contribution in [2.45, 2.75) is 26.2 Å². The predicted octanol–water partition coefficient (Wildman–Crippen LogP) is 3.11. The van der Waals surface area contributed by atoms with Crippen LogP contribution in [0.3, 0.4) is 0 Å². The molecule has 1 aliphatic rings. The van der Waals surface area contributed by atoms with E-state index in [0.717, 1.165) is 29.7 Å². The van der Waals surface area contributed by atoms with E-state index in [0.29, 0.717) is 10.6 Å². The highest BCUT2D eigenvalue weighted by Crippen LogP contribution is 2.39. The molecule has 7 nitrogen and oxygen atoms in total. The van der Waals surface area contributed by atoms with Gasteiger partial charge in [0.05, 0.1) is 12.2 Å². The number of para-hydroxylation sites is 1. The maximum absolute atomic E-state index is 13.4. The van der Waals surface area contributed by atoms with Crippen LogP contribution in [0.1, 0.15) is 34.1 Å². The Bertz CT molecular complexity index is 926. The molecule has 0 radical (unpaired) electrons. The van der Waals surface area contributed by atoms with Crippen molar-refractivity contribution in [2.24, 2.45) is 0 Å². The number of rotatable bonds is 8. The first-order chi connectivity index (χ1) is 14.0. The number of hydrogen-bond acceptors (Lipinski definition) is 7. The van der Waals surface area contributed by atoms with Gasteiger partial charge in [-0.15, -0.1) is 11.3 Å². The average molecular weight is 421 g/mol. The van der Waals surface area contributed by atoms with Crippen LogP contribution in [0.4, 0.5) is 9.39 Å². The molecule has 0 saturated heterocycles. The Hall–Kier alpha value is -2.94. The number of carbonyl (C=O) groups is 3. The quantitative estimate of drug-likeness (QED) is 0.659. The summed E-state index contributed by atoms with van der Waals surface area (Å²) in [6, 6.07) is 5.64. The molecule has 1 heterocycles.